The van der Waals surface area contributed by atoms with E-state index in [0.717, 1.165) is 24.2 Å². The number of amides is 1. The van der Waals surface area contributed by atoms with Crippen LogP contribution in [0.2, 0.25) is 0 Å². The van der Waals surface area contributed by atoms with Crippen LogP contribution in [0.3, 0.4) is 0 Å². The summed E-state index contributed by atoms with van der Waals surface area (Å²) in [4.78, 5) is 11.7. The quantitative estimate of drug-likeness (QED) is 0.818. The minimum Gasteiger partial charge on any atom is -0.496 e. The Hall–Kier alpha value is -1.51. The molecule has 3 nitrogen and oxygen atoms in total. The fourth-order valence-electron chi connectivity index (χ4n) is 1.52. The molecule has 1 aliphatic carbocycles. The summed E-state index contributed by atoms with van der Waals surface area (Å²) in [7, 11) is 1.63. The first-order valence-corrected chi connectivity index (χ1v) is 5.16. The number of carbonyl (C=O) groups excluding carboxylic acids is 1. The van der Waals surface area contributed by atoms with Gasteiger partial charge < -0.3 is 10.1 Å². The first kappa shape index (κ1) is 10.0. The molecule has 80 valence electrons. The normalized spacial score (nSPS) is 14.8. The van der Waals surface area contributed by atoms with E-state index in [9.17, 15) is 4.79 Å². The van der Waals surface area contributed by atoms with Crippen molar-refractivity contribution in [2.75, 3.05) is 7.11 Å². The molecule has 1 aromatic carbocycles. The molecule has 0 aromatic heterocycles. The van der Waals surface area contributed by atoms with Gasteiger partial charge in [0.1, 0.15) is 5.75 Å². The summed E-state index contributed by atoms with van der Waals surface area (Å²) in [5.74, 6) is 0.834. The number of carbonyl (C=O) groups is 1. The van der Waals surface area contributed by atoms with Crippen LogP contribution in [-0.4, -0.2) is 19.1 Å². The van der Waals surface area contributed by atoms with Crippen LogP contribution in [0.5, 0.6) is 5.75 Å². The van der Waals surface area contributed by atoms with E-state index >= 15 is 0 Å². The van der Waals surface area contributed by atoms with Gasteiger partial charge in [0.15, 0.2) is 0 Å². The number of aryl methyl sites for hydroxylation is 1. The van der Waals surface area contributed by atoms with Crippen LogP contribution in [0.15, 0.2) is 18.2 Å². The van der Waals surface area contributed by atoms with Gasteiger partial charge in [0.2, 0.25) is 0 Å². The Morgan fingerprint density at radius 2 is 2.20 bits per heavy atom. The molecule has 1 saturated carbocycles. The minimum atomic E-state index is 0.0169. The van der Waals surface area contributed by atoms with Crippen molar-refractivity contribution in [1.82, 2.24) is 5.32 Å². The summed E-state index contributed by atoms with van der Waals surface area (Å²) in [6.45, 7) is 1.94. The number of hydrogen-bond donors (Lipinski definition) is 1. The van der Waals surface area contributed by atoms with Gasteiger partial charge in [-0.15, -0.1) is 0 Å². The van der Waals surface area contributed by atoms with Crippen molar-refractivity contribution < 1.29 is 9.53 Å². The molecule has 0 heterocycles. The molecular weight excluding hydrogens is 190 g/mol. The summed E-state index contributed by atoms with van der Waals surface area (Å²) in [5.41, 5.74) is 1.70. The van der Waals surface area contributed by atoms with Crippen molar-refractivity contribution in [1.29, 1.82) is 0 Å². The molecule has 0 radical (unpaired) electrons. The number of rotatable bonds is 3. The van der Waals surface area contributed by atoms with Gasteiger partial charge in [-0.2, -0.15) is 0 Å². The third-order valence-electron chi connectivity index (χ3n) is 2.57. The number of ether oxygens (including phenoxy) is 1. The average molecular weight is 205 g/mol. The summed E-state index contributed by atoms with van der Waals surface area (Å²) in [6.07, 6.45) is 2.22. The maximum absolute atomic E-state index is 11.7. The molecular formula is C12H15NO2. The zero-order valence-corrected chi connectivity index (χ0v) is 9.04. The highest BCUT2D eigenvalue weighted by Crippen LogP contribution is 2.21. The summed E-state index contributed by atoms with van der Waals surface area (Å²) in [5, 5.41) is 2.96. The molecule has 2 rings (SSSR count). The predicted octanol–water partition coefficient (Wildman–Crippen LogP) is 1.90. The van der Waals surface area contributed by atoms with Crippen LogP contribution < -0.4 is 10.1 Å². The van der Waals surface area contributed by atoms with E-state index in [1.165, 1.54) is 0 Å². The Morgan fingerprint density at radius 1 is 1.47 bits per heavy atom. The van der Waals surface area contributed by atoms with Gasteiger partial charge >= 0.3 is 0 Å². The van der Waals surface area contributed by atoms with E-state index in [-0.39, 0.29) is 5.91 Å². The van der Waals surface area contributed by atoms with E-state index in [1.54, 1.807) is 13.2 Å². The molecule has 0 unspecified atom stereocenters. The number of nitrogens with one attached hydrogen (secondary N) is 1. The summed E-state index contributed by atoms with van der Waals surface area (Å²) < 4.78 is 5.14. The van der Waals surface area contributed by atoms with Gasteiger partial charge in [-0.25, -0.2) is 0 Å². The molecule has 1 N–H and O–H groups in total. The second-order valence-electron chi connectivity index (χ2n) is 3.93. The van der Waals surface area contributed by atoms with Crippen molar-refractivity contribution in [2.45, 2.75) is 25.8 Å². The lowest BCUT2D eigenvalue weighted by atomic mass is 10.1. The van der Waals surface area contributed by atoms with Crippen LogP contribution in [0.25, 0.3) is 0 Å². The lowest BCUT2D eigenvalue weighted by molar-refractivity contribution is 0.0951. The molecule has 3 heteroatoms. The first-order valence-electron chi connectivity index (χ1n) is 5.16. The highest BCUT2D eigenvalue weighted by Gasteiger charge is 2.23. The van der Waals surface area contributed by atoms with Crippen molar-refractivity contribution in [2.24, 2.45) is 0 Å². The SMILES string of the molecule is COc1ccc(C(=O)NC2CC2)cc1C. The Bertz CT molecular complexity index is 383. The molecule has 0 atom stereocenters. The van der Waals surface area contributed by atoms with Gasteiger partial charge in [0, 0.05) is 11.6 Å². The molecule has 0 bridgehead atoms. The Kier molecular flexibility index (Phi) is 2.62. The minimum absolute atomic E-state index is 0.0169. The maximum Gasteiger partial charge on any atom is 0.251 e. The third kappa shape index (κ3) is 2.29. The third-order valence-corrected chi connectivity index (χ3v) is 2.57. The maximum atomic E-state index is 11.7. The monoisotopic (exact) mass is 205 g/mol. The van der Waals surface area contributed by atoms with E-state index in [0.29, 0.717) is 11.6 Å². The second-order valence-corrected chi connectivity index (χ2v) is 3.93. The highest BCUT2D eigenvalue weighted by atomic mass is 16.5. The second kappa shape index (κ2) is 3.93. The fourth-order valence-corrected chi connectivity index (χ4v) is 1.52. The van der Waals surface area contributed by atoms with E-state index in [1.807, 2.05) is 19.1 Å². The van der Waals surface area contributed by atoms with Crippen molar-refractivity contribution in [3.8, 4) is 5.75 Å². The molecule has 0 spiro atoms. The van der Waals surface area contributed by atoms with Crippen LogP contribution in [0.4, 0.5) is 0 Å². The van der Waals surface area contributed by atoms with Gasteiger partial charge in [0.05, 0.1) is 7.11 Å². The molecule has 1 aliphatic rings. The van der Waals surface area contributed by atoms with Crippen LogP contribution >= 0.6 is 0 Å². The molecule has 0 aliphatic heterocycles. The van der Waals surface area contributed by atoms with Gasteiger partial charge in [-0.1, -0.05) is 0 Å². The Balaban J connectivity index is 2.13. The predicted molar refractivity (Wildman–Crippen MR) is 58.2 cm³/mol. The zero-order valence-electron chi connectivity index (χ0n) is 9.04. The first-order chi connectivity index (χ1) is 7.20. The average Bonchev–Trinajstić information content (AvgIpc) is 3.01. The van der Waals surface area contributed by atoms with Crippen LogP contribution in [-0.2, 0) is 0 Å². The number of methoxy groups -OCH3 is 1. The van der Waals surface area contributed by atoms with Crippen molar-refractivity contribution in [3.63, 3.8) is 0 Å². The summed E-state index contributed by atoms with van der Waals surface area (Å²) in [6, 6.07) is 5.89. The van der Waals surface area contributed by atoms with Crippen LogP contribution in [0.1, 0.15) is 28.8 Å². The highest BCUT2D eigenvalue weighted by molar-refractivity contribution is 5.94. The Morgan fingerprint density at radius 3 is 2.73 bits per heavy atom. The number of benzene rings is 1. The largest absolute Gasteiger partial charge is 0.496 e. The lowest BCUT2D eigenvalue weighted by Gasteiger charge is -2.07. The van der Waals surface area contributed by atoms with Crippen molar-refractivity contribution >= 4 is 5.91 Å². The topological polar surface area (TPSA) is 38.3 Å². The molecule has 1 amide bonds. The standard InChI is InChI=1S/C12H15NO2/c1-8-7-9(3-6-11(8)15-2)12(14)13-10-4-5-10/h3,6-7,10H,4-5H2,1-2H3,(H,13,14). The van der Waals surface area contributed by atoms with Crippen molar-refractivity contribution in [3.05, 3.63) is 29.3 Å². The van der Waals surface area contributed by atoms with Gasteiger partial charge in [0.25, 0.3) is 5.91 Å². The molecule has 1 fully saturated rings. The molecule has 15 heavy (non-hydrogen) atoms. The molecule has 0 saturated heterocycles. The van der Waals surface area contributed by atoms with Gasteiger partial charge in [-0.3, -0.25) is 4.79 Å². The van der Waals surface area contributed by atoms with Gasteiger partial charge in [-0.05, 0) is 43.5 Å². The fraction of sp³-hybridized carbons (Fsp3) is 0.417. The summed E-state index contributed by atoms with van der Waals surface area (Å²) >= 11 is 0. The zero-order chi connectivity index (χ0) is 10.8. The van der Waals surface area contributed by atoms with Crippen LogP contribution in [0, 0.1) is 6.92 Å². The van der Waals surface area contributed by atoms with E-state index in [4.69, 9.17) is 4.74 Å². The number of hydrogen-bond acceptors (Lipinski definition) is 2. The smallest absolute Gasteiger partial charge is 0.251 e. The van der Waals surface area contributed by atoms with E-state index < -0.39 is 0 Å². The molecule has 1 aromatic rings. The van der Waals surface area contributed by atoms with E-state index in [2.05, 4.69) is 5.32 Å². The lowest BCUT2D eigenvalue weighted by Crippen LogP contribution is -2.25. The Labute approximate surface area is 89.4 Å².